The number of nitrogens with zero attached hydrogens (tertiary/aromatic N) is 4. The predicted molar refractivity (Wildman–Crippen MR) is 67.8 cm³/mol. The van der Waals surface area contributed by atoms with Gasteiger partial charge in [0.05, 0.1) is 30.4 Å². The zero-order valence-electron chi connectivity index (χ0n) is 10.6. The molecule has 2 aromatic rings. The first-order chi connectivity index (χ1) is 8.97. The van der Waals surface area contributed by atoms with Crippen LogP contribution < -0.4 is 16.2 Å². The molecule has 0 aliphatic heterocycles. The third kappa shape index (κ3) is 2.79. The summed E-state index contributed by atoms with van der Waals surface area (Å²) in [5, 5.41) is 3.96. The van der Waals surface area contributed by atoms with E-state index in [1.165, 1.54) is 23.3 Å². The molecule has 0 aromatic carbocycles. The SMILES string of the molecule is CC(C)Oc1cncc(-n2cc(N)c(C(N)=O)n2)n1. The smallest absolute Gasteiger partial charge is 0.271 e. The van der Waals surface area contributed by atoms with Crippen LogP contribution in [0.4, 0.5) is 5.69 Å². The van der Waals surface area contributed by atoms with Crippen molar-refractivity contribution in [3.63, 3.8) is 0 Å². The van der Waals surface area contributed by atoms with Crippen molar-refractivity contribution in [3.8, 4) is 11.7 Å². The Hall–Kier alpha value is -2.64. The number of amides is 1. The first-order valence-electron chi connectivity index (χ1n) is 5.61. The highest BCUT2D eigenvalue weighted by Gasteiger charge is 2.13. The number of primary amides is 1. The summed E-state index contributed by atoms with van der Waals surface area (Å²) < 4.78 is 6.75. The van der Waals surface area contributed by atoms with Crippen molar-refractivity contribution in [2.45, 2.75) is 20.0 Å². The summed E-state index contributed by atoms with van der Waals surface area (Å²) in [5.74, 6) is 0.0540. The van der Waals surface area contributed by atoms with Crippen LogP contribution in [0, 0.1) is 0 Å². The second-order valence-electron chi connectivity index (χ2n) is 4.12. The van der Waals surface area contributed by atoms with Crippen LogP contribution in [0.25, 0.3) is 5.82 Å². The Morgan fingerprint density at radius 2 is 2.16 bits per heavy atom. The number of ether oxygens (including phenoxy) is 1. The summed E-state index contributed by atoms with van der Waals surface area (Å²) in [4.78, 5) is 19.3. The highest BCUT2D eigenvalue weighted by Crippen LogP contribution is 2.14. The Morgan fingerprint density at radius 3 is 2.74 bits per heavy atom. The number of nitrogens with two attached hydrogens (primary N) is 2. The van der Waals surface area contributed by atoms with Crippen LogP contribution >= 0.6 is 0 Å². The van der Waals surface area contributed by atoms with Gasteiger partial charge in [0.15, 0.2) is 11.5 Å². The van der Waals surface area contributed by atoms with Crippen LogP contribution in [0.3, 0.4) is 0 Å². The van der Waals surface area contributed by atoms with Gasteiger partial charge in [-0.25, -0.2) is 4.68 Å². The standard InChI is InChI=1S/C11H14N6O2/c1-6(2)19-9-4-14-3-8(15-9)17-5-7(12)10(16-17)11(13)18/h3-6H,12H2,1-2H3,(H2,13,18). The summed E-state index contributed by atoms with van der Waals surface area (Å²) in [6.07, 6.45) is 4.40. The molecule has 1 amide bonds. The van der Waals surface area contributed by atoms with Gasteiger partial charge in [-0.2, -0.15) is 10.1 Å². The first-order valence-corrected chi connectivity index (χ1v) is 5.61. The number of hydrogen-bond acceptors (Lipinski definition) is 6. The molecule has 0 aliphatic rings. The van der Waals surface area contributed by atoms with Crippen molar-refractivity contribution in [2.75, 3.05) is 5.73 Å². The topological polar surface area (TPSA) is 122 Å². The molecule has 0 saturated heterocycles. The van der Waals surface area contributed by atoms with Gasteiger partial charge in [0, 0.05) is 0 Å². The molecule has 0 aliphatic carbocycles. The third-order valence-corrected chi connectivity index (χ3v) is 2.17. The number of hydrogen-bond donors (Lipinski definition) is 2. The molecule has 8 heteroatoms. The normalized spacial score (nSPS) is 10.7. The van der Waals surface area contributed by atoms with Gasteiger partial charge < -0.3 is 16.2 Å². The Labute approximate surface area is 109 Å². The molecule has 8 nitrogen and oxygen atoms in total. The van der Waals surface area contributed by atoms with Crippen molar-refractivity contribution in [1.29, 1.82) is 0 Å². The lowest BCUT2D eigenvalue weighted by Gasteiger charge is -2.08. The van der Waals surface area contributed by atoms with Gasteiger partial charge in [-0.3, -0.25) is 9.78 Å². The fourth-order valence-electron chi connectivity index (χ4n) is 1.44. The molecule has 2 heterocycles. The van der Waals surface area contributed by atoms with Crippen LogP contribution in [-0.4, -0.2) is 31.8 Å². The average Bonchev–Trinajstić information content (AvgIpc) is 2.71. The van der Waals surface area contributed by atoms with Gasteiger partial charge in [-0.15, -0.1) is 0 Å². The van der Waals surface area contributed by atoms with Gasteiger partial charge in [0.1, 0.15) is 0 Å². The molecule has 0 radical (unpaired) electrons. The second-order valence-corrected chi connectivity index (χ2v) is 4.12. The summed E-state index contributed by atoms with van der Waals surface area (Å²) in [5.41, 5.74) is 11.0. The highest BCUT2D eigenvalue weighted by atomic mass is 16.5. The molecule has 0 bridgehead atoms. The molecule has 0 unspecified atom stereocenters. The maximum Gasteiger partial charge on any atom is 0.271 e. The maximum atomic E-state index is 11.1. The molecule has 0 saturated carbocycles. The van der Waals surface area contributed by atoms with E-state index in [9.17, 15) is 4.79 Å². The monoisotopic (exact) mass is 262 g/mol. The minimum atomic E-state index is -0.696. The molecule has 2 aromatic heterocycles. The van der Waals surface area contributed by atoms with Crippen LogP contribution in [-0.2, 0) is 0 Å². The Balaban J connectivity index is 2.36. The van der Waals surface area contributed by atoms with Crippen molar-refractivity contribution in [1.82, 2.24) is 19.7 Å². The molecule has 0 atom stereocenters. The van der Waals surface area contributed by atoms with Crippen molar-refractivity contribution in [3.05, 3.63) is 24.3 Å². The zero-order valence-corrected chi connectivity index (χ0v) is 10.6. The minimum Gasteiger partial charge on any atom is -0.474 e. The minimum absolute atomic E-state index is 0.00280. The number of nitrogen functional groups attached to an aromatic ring is 1. The van der Waals surface area contributed by atoms with E-state index in [1.807, 2.05) is 13.8 Å². The fourth-order valence-corrected chi connectivity index (χ4v) is 1.44. The maximum absolute atomic E-state index is 11.1. The quantitative estimate of drug-likeness (QED) is 0.807. The number of aromatic nitrogens is 4. The summed E-state index contributed by atoms with van der Waals surface area (Å²) in [7, 11) is 0. The molecule has 4 N–H and O–H groups in total. The highest BCUT2D eigenvalue weighted by molar-refractivity contribution is 5.95. The van der Waals surface area contributed by atoms with E-state index < -0.39 is 5.91 Å². The van der Waals surface area contributed by atoms with E-state index in [0.29, 0.717) is 11.7 Å². The van der Waals surface area contributed by atoms with Gasteiger partial charge in [-0.1, -0.05) is 0 Å². The van der Waals surface area contributed by atoms with E-state index in [2.05, 4.69) is 15.1 Å². The number of carbonyl (C=O) groups is 1. The zero-order chi connectivity index (χ0) is 14.0. The van der Waals surface area contributed by atoms with Gasteiger partial charge in [0.2, 0.25) is 5.88 Å². The van der Waals surface area contributed by atoms with E-state index >= 15 is 0 Å². The van der Waals surface area contributed by atoms with E-state index in [0.717, 1.165) is 0 Å². The lowest BCUT2D eigenvalue weighted by atomic mass is 10.4. The lowest BCUT2D eigenvalue weighted by molar-refractivity contribution is 0.0996. The van der Waals surface area contributed by atoms with Crippen LogP contribution in [0.5, 0.6) is 5.88 Å². The van der Waals surface area contributed by atoms with Crippen molar-refractivity contribution >= 4 is 11.6 Å². The van der Waals surface area contributed by atoms with Gasteiger partial charge in [-0.05, 0) is 13.8 Å². The predicted octanol–water partition coefficient (Wildman–Crippen LogP) is 0.131. The van der Waals surface area contributed by atoms with Crippen molar-refractivity contribution < 1.29 is 9.53 Å². The summed E-state index contributed by atoms with van der Waals surface area (Å²) in [6, 6.07) is 0. The largest absolute Gasteiger partial charge is 0.474 e. The van der Waals surface area contributed by atoms with E-state index in [-0.39, 0.29) is 17.5 Å². The van der Waals surface area contributed by atoms with Crippen LogP contribution in [0.15, 0.2) is 18.6 Å². The first kappa shape index (κ1) is 12.8. The number of rotatable bonds is 4. The molecule has 19 heavy (non-hydrogen) atoms. The average molecular weight is 262 g/mol. The van der Waals surface area contributed by atoms with Crippen molar-refractivity contribution in [2.24, 2.45) is 5.73 Å². The molecular weight excluding hydrogens is 248 g/mol. The van der Waals surface area contributed by atoms with Crippen LogP contribution in [0.2, 0.25) is 0 Å². The molecule has 2 rings (SSSR count). The number of carbonyl (C=O) groups excluding carboxylic acids is 1. The number of anilines is 1. The third-order valence-electron chi connectivity index (χ3n) is 2.17. The molecule has 100 valence electrons. The van der Waals surface area contributed by atoms with Gasteiger partial charge in [0.25, 0.3) is 5.91 Å². The van der Waals surface area contributed by atoms with Gasteiger partial charge >= 0.3 is 0 Å². The molecule has 0 spiro atoms. The van der Waals surface area contributed by atoms with Crippen LogP contribution in [0.1, 0.15) is 24.3 Å². The summed E-state index contributed by atoms with van der Waals surface area (Å²) in [6.45, 7) is 3.76. The Morgan fingerprint density at radius 1 is 1.42 bits per heavy atom. The Bertz CT molecular complexity index is 607. The molecule has 0 fully saturated rings. The second kappa shape index (κ2) is 4.92. The fraction of sp³-hybridized carbons (Fsp3) is 0.273. The lowest BCUT2D eigenvalue weighted by Crippen LogP contribution is -2.14. The molecular formula is C11H14N6O2. The van der Waals surface area contributed by atoms with E-state index in [4.69, 9.17) is 16.2 Å². The summed E-state index contributed by atoms with van der Waals surface area (Å²) >= 11 is 0. The van der Waals surface area contributed by atoms with E-state index in [1.54, 1.807) is 0 Å². The Kier molecular flexibility index (Phi) is 3.32.